The Kier molecular flexibility index (Phi) is 5.50. The van der Waals surface area contributed by atoms with Gasteiger partial charge in [-0.25, -0.2) is 14.4 Å². The highest BCUT2D eigenvalue weighted by atomic mass is 32.2. The minimum Gasteiger partial charge on any atom is -0.474 e. The lowest BCUT2D eigenvalue weighted by Gasteiger charge is -2.30. The standard InChI is InChI=1S/C21H23FN6O3S/c1-13-25-21(31-26-13)27-6-4-15(5-7-27)30-19-11-18(23-12-24-19)28-8-3-14-9-16(32(2)29)10-17(22)20(14)28/h9-12,15H,3-8H2,1-2H3. The second kappa shape index (κ2) is 8.45. The molecule has 0 bridgehead atoms. The van der Waals surface area contributed by atoms with Gasteiger partial charge >= 0.3 is 6.01 Å². The molecule has 1 aromatic carbocycles. The summed E-state index contributed by atoms with van der Waals surface area (Å²) in [5.41, 5.74) is 1.31. The van der Waals surface area contributed by atoms with E-state index < -0.39 is 16.6 Å². The van der Waals surface area contributed by atoms with Gasteiger partial charge in [-0.2, -0.15) is 4.98 Å². The molecule has 0 radical (unpaired) electrons. The van der Waals surface area contributed by atoms with Gasteiger partial charge in [0.15, 0.2) is 5.82 Å². The minimum atomic E-state index is -1.23. The first-order valence-electron chi connectivity index (χ1n) is 10.5. The van der Waals surface area contributed by atoms with Gasteiger partial charge in [-0.05, 0) is 31.0 Å². The van der Waals surface area contributed by atoms with E-state index in [1.165, 1.54) is 12.4 Å². The number of hydrogen-bond donors (Lipinski definition) is 0. The molecule has 0 amide bonds. The topological polar surface area (TPSA) is 97.5 Å². The van der Waals surface area contributed by atoms with Gasteiger partial charge in [0.1, 0.15) is 24.1 Å². The van der Waals surface area contributed by atoms with Gasteiger partial charge in [0.05, 0.1) is 5.69 Å². The average molecular weight is 459 g/mol. The van der Waals surface area contributed by atoms with Gasteiger partial charge in [0.25, 0.3) is 0 Å². The number of aromatic nitrogens is 4. The molecular weight excluding hydrogens is 435 g/mol. The highest BCUT2D eigenvalue weighted by molar-refractivity contribution is 7.84. The Bertz CT molecular complexity index is 1160. The number of aryl methyl sites for hydroxylation is 1. The van der Waals surface area contributed by atoms with Crippen molar-refractivity contribution >= 4 is 28.3 Å². The monoisotopic (exact) mass is 458 g/mol. The first kappa shape index (κ1) is 20.8. The molecule has 0 saturated carbocycles. The van der Waals surface area contributed by atoms with E-state index in [1.54, 1.807) is 19.2 Å². The smallest absolute Gasteiger partial charge is 0.324 e. The van der Waals surface area contributed by atoms with E-state index in [1.807, 2.05) is 15.9 Å². The van der Waals surface area contributed by atoms with Crippen LogP contribution < -0.4 is 14.5 Å². The van der Waals surface area contributed by atoms with Gasteiger partial charge in [0.2, 0.25) is 5.88 Å². The summed E-state index contributed by atoms with van der Waals surface area (Å²) < 4.78 is 37.9. The predicted octanol–water partition coefficient (Wildman–Crippen LogP) is 2.79. The molecular formula is C21H23FN6O3S. The molecule has 1 unspecified atom stereocenters. The summed E-state index contributed by atoms with van der Waals surface area (Å²) in [6, 6.07) is 5.43. The quantitative estimate of drug-likeness (QED) is 0.572. The molecule has 9 nitrogen and oxygen atoms in total. The fourth-order valence-corrected chi connectivity index (χ4v) is 4.73. The fraction of sp³-hybridized carbons (Fsp3) is 0.429. The highest BCUT2D eigenvalue weighted by Gasteiger charge is 2.28. The third-order valence-corrected chi connectivity index (χ3v) is 6.64. The maximum atomic E-state index is 14.8. The first-order valence-corrected chi connectivity index (χ1v) is 12.0. The molecule has 1 saturated heterocycles. The molecule has 11 heteroatoms. The number of fused-ring (bicyclic) bond motifs is 1. The molecule has 168 valence electrons. The number of ether oxygens (including phenoxy) is 1. The average Bonchev–Trinajstić information content (AvgIpc) is 3.41. The summed E-state index contributed by atoms with van der Waals surface area (Å²) in [7, 11) is -1.23. The summed E-state index contributed by atoms with van der Waals surface area (Å²) in [6.45, 7) is 3.88. The van der Waals surface area contributed by atoms with E-state index in [4.69, 9.17) is 9.26 Å². The van der Waals surface area contributed by atoms with Crippen LogP contribution in [0.4, 0.5) is 21.9 Å². The van der Waals surface area contributed by atoms with Crippen molar-refractivity contribution in [1.82, 2.24) is 20.1 Å². The zero-order chi connectivity index (χ0) is 22.2. The Morgan fingerprint density at radius 1 is 1.19 bits per heavy atom. The van der Waals surface area contributed by atoms with Crippen molar-refractivity contribution in [2.24, 2.45) is 0 Å². The number of benzene rings is 1. The van der Waals surface area contributed by atoms with Crippen LogP contribution in [0.3, 0.4) is 0 Å². The first-order chi connectivity index (χ1) is 15.5. The SMILES string of the molecule is Cc1noc(N2CCC(Oc3cc(N4CCc5cc(S(C)=O)cc(F)c54)ncn3)CC2)n1. The Morgan fingerprint density at radius 2 is 2.00 bits per heavy atom. The van der Waals surface area contributed by atoms with Crippen LogP contribution in [0, 0.1) is 12.7 Å². The molecule has 1 fully saturated rings. The molecule has 1 atom stereocenters. The maximum Gasteiger partial charge on any atom is 0.324 e. The summed E-state index contributed by atoms with van der Waals surface area (Å²) in [5, 5.41) is 3.84. The van der Waals surface area contributed by atoms with E-state index in [0.717, 1.165) is 31.5 Å². The molecule has 0 aliphatic carbocycles. The van der Waals surface area contributed by atoms with Crippen molar-refractivity contribution in [2.75, 3.05) is 35.7 Å². The molecule has 3 aromatic rings. The summed E-state index contributed by atoms with van der Waals surface area (Å²) >= 11 is 0. The second-order valence-corrected chi connectivity index (χ2v) is 9.29. The number of halogens is 1. The third kappa shape index (κ3) is 4.04. The Labute approximate surface area is 187 Å². The molecule has 2 aromatic heterocycles. The number of anilines is 3. The normalized spacial score (nSPS) is 17.5. The van der Waals surface area contributed by atoms with Crippen molar-refractivity contribution < 1.29 is 17.9 Å². The lowest BCUT2D eigenvalue weighted by Crippen LogP contribution is -2.38. The number of hydrogen-bond acceptors (Lipinski definition) is 9. The minimum absolute atomic E-state index is 0.00251. The molecule has 2 aliphatic heterocycles. The van der Waals surface area contributed by atoms with Crippen LogP contribution in [0.1, 0.15) is 24.2 Å². The molecule has 2 aliphatic rings. The van der Waals surface area contributed by atoms with E-state index in [9.17, 15) is 8.60 Å². The van der Waals surface area contributed by atoms with Gasteiger partial charge in [0, 0.05) is 60.5 Å². The van der Waals surface area contributed by atoms with Gasteiger partial charge in [-0.1, -0.05) is 5.16 Å². The van der Waals surface area contributed by atoms with Crippen LogP contribution >= 0.6 is 0 Å². The van der Waals surface area contributed by atoms with Gasteiger partial charge in [-0.3, -0.25) is 4.21 Å². The number of piperidine rings is 1. The Morgan fingerprint density at radius 3 is 2.72 bits per heavy atom. The lowest BCUT2D eigenvalue weighted by molar-refractivity contribution is 0.161. The van der Waals surface area contributed by atoms with Crippen LogP contribution in [0.5, 0.6) is 5.88 Å². The molecule has 0 spiro atoms. The highest BCUT2D eigenvalue weighted by Crippen LogP contribution is 2.37. The fourth-order valence-electron chi connectivity index (χ4n) is 4.15. The second-order valence-electron chi connectivity index (χ2n) is 7.91. The Hall–Kier alpha value is -3.08. The molecule has 0 N–H and O–H groups in total. The van der Waals surface area contributed by atoms with Crippen LogP contribution in [-0.2, 0) is 17.2 Å². The molecule has 5 rings (SSSR count). The van der Waals surface area contributed by atoms with E-state index in [-0.39, 0.29) is 6.10 Å². The Balaban J connectivity index is 1.28. The van der Waals surface area contributed by atoms with Crippen molar-refractivity contribution in [1.29, 1.82) is 0 Å². The largest absolute Gasteiger partial charge is 0.474 e. The van der Waals surface area contributed by atoms with Crippen molar-refractivity contribution in [2.45, 2.75) is 37.2 Å². The van der Waals surface area contributed by atoms with Crippen LogP contribution in [0.25, 0.3) is 0 Å². The predicted molar refractivity (Wildman–Crippen MR) is 116 cm³/mol. The van der Waals surface area contributed by atoms with Crippen molar-refractivity contribution in [3.05, 3.63) is 41.7 Å². The van der Waals surface area contributed by atoms with Crippen LogP contribution in [0.2, 0.25) is 0 Å². The van der Waals surface area contributed by atoms with E-state index >= 15 is 0 Å². The number of nitrogens with zero attached hydrogens (tertiary/aromatic N) is 6. The number of rotatable bonds is 5. The zero-order valence-corrected chi connectivity index (χ0v) is 18.6. The molecule has 4 heterocycles. The van der Waals surface area contributed by atoms with Crippen LogP contribution in [0.15, 0.2) is 33.9 Å². The van der Waals surface area contributed by atoms with Gasteiger partial charge in [-0.15, -0.1) is 0 Å². The maximum absolute atomic E-state index is 14.8. The zero-order valence-electron chi connectivity index (χ0n) is 17.8. The van der Waals surface area contributed by atoms with Crippen LogP contribution in [-0.4, -0.2) is 56.3 Å². The van der Waals surface area contributed by atoms with Crippen molar-refractivity contribution in [3.63, 3.8) is 0 Å². The van der Waals surface area contributed by atoms with Crippen molar-refractivity contribution in [3.8, 4) is 5.88 Å². The van der Waals surface area contributed by atoms with E-state index in [0.29, 0.717) is 47.1 Å². The summed E-state index contributed by atoms with van der Waals surface area (Å²) in [5.74, 6) is 1.26. The molecule has 32 heavy (non-hydrogen) atoms. The lowest BCUT2D eigenvalue weighted by atomic mass is 10.1. The van der Waals surface area contributed by atoms with E-state index in [2.05, 4.69) is 20.1 Å². The summed E-state index contributed by atoms with van der Waals surface area (Å²) in [4.78, 5) is 17.2. The summed E-state index contributed by atoms with van der Waals surface area (Å²) in [6.07, 6.45) is 5.23. The third-order valence-electron chi connectivity index (χ3n) is 5.74. The van der Waals surface area contributed by atoms with Gasteiger partial charge < -0.3 is 19.1 Å².